The van der Waals surface area contributed by atoms with E-state index in [0.29, 0.717) is 21.6 Å². The summed E-state index contributed by atoms with van der Waals surface area (Å²) in [5.41, 5.74) is 0. The summed E-state index contributed by atoms with van der Waals surface area (Å²) < 4.78 is 6.85. The fourth-order valence-electron chi connectivity index (χ4n) is 1.68. The molecule has 0 aliphatic carbocycles. The Morgan fingerprint density at radius 3 is 2.95 bits per heavy atom. The van der Waals surface area contributed by atoms with Gasteiger partial charge in [-0.25, -0.2) is 0 Å². The van der Waals surface area contributed by atoms with Crippen molar-refractivity contribution in [1.82, 2.24) is 14.9 Å². The van der Waals surface area contributed by atoms with Gasteiger partial charge in [0.25, 0.3) is 0 Å². The Morgan fingerprint density at radius 2 is 2.32 bits per heavy atom. The number of nitro groups is 1. The largest absolute Gasteiger partial charge is 0.461 e. The zero-order chi connectivity index (χ0) is 15.5. The zero-order valence-corrected chi connectivity index (χ0v) is 12.9. The van der Waals surface area contributed by atoms with Crippen molar-refractivity contribution in [3.63, 3.8) is 0 Å². The normalized spacial score (nSPS) is 11.3. The Morgan fingerprint density at radius 1 is 1.45 bits per heavy atom. The van der Waals surface area contributed by atoms with Crippen molar-refractivity contribution in [3.05, 3.63) is 45.5 Å². The van der Waals surface area contributed by atoms with Crippen molar-refractivity contribution >= 4 is 34.3 Å². The lowest BCUT2D eigenvalue weighted by Gasteiger charge is -1.99. The van der Waals surface area contributed by atoms with Gasteiger partial charge in [-0.2, -0.15) is 9.78 Å². The molecular formula is C12H9N5O3S2. The summed E-state index contributed by atoms with van der Waals surface area (Å²) in [7, 11) is 0. The van der Waals surface area contributed by atoms with Crippen molar-refractivity contribution in [1.29, 1.82) is 0 Å². The minimum absolute atomic E-state index is 0.0709. The van der Waals surface area contributed by atoms with Gasteiger partial charge in [-0.15, -0.1) is 10.2 Å². The van der Waals surface area contributed by atoms with Crippen LogP contribution >= 0.6 is 23.1 Å². The molecule has 8 nitrogen and oxygen atoms in total. The lowest BCUT2D eigenvalue weighted by molar-refractivity contribution is -0.380. The number of furan rings is 1. The Hall–Kier alpha value is -2.46. The molecule has 0 unspecified atom stereocenters. The summed E-state index contributed by atoms with van der Waals surface area (Å²) in [4.78, 5) is 10.9. The molecule has 0 amide bonds. The molecule has 0 aliphatic rings. The summed E-state index contributed by atoms with van der Waals surface area (Å²) in [5, 5.41) is 23.7. The second-order valence-corrected chi connectivity index (χ2v) is 5.84. The molecule has 3 aromatic rings. The van der Waals surface area contributed by atoms with Crippen LogP contribution in [-0.4, -0.2) is 32.3 Å². The quantitative estimate of drug-likeness (QED) is 0.307. The van der Waals surface area contributed by atoms with Crippen LogP contribution < -0.4 is 0 Å². The van der Waals surface area contributed by atoms with E-state index < -0.39 is 4.92 Å². The smallest absolute Gasteiger partial charge is 0.324 e. The van der Waals surface area contributed by atoms with Crippen LogP contribution in [0, 0.1) is 10.1 Å². The first kappa shape index (κ1) is 14.5. The third-order valence-corrected chi connectivity index (χ3v) is 4.22. The molecule has 3 rings (SSSR count). The van der Waals surface area contributed by atoms with E-state index in [2.05, 4.69) is 15.3 Å². The summed E-state index contributed by atoms with van der Waals surface area (Å²) in [6, 6.07) is 6.60. The molecule has 0 fully saturated rings. The van der Waals surface area contributed by atoms with Gasteiger partial charge in [-0.3, -0.25) is 10.1 Å². The average Bonchev–Trinajstić information content (AvgIpc) is 3.24. The van der Waals surface area contributed by atoms with Crippen LogP contribution in [0.3, 0.4) is 0 Å². The monoisotopic (exact) mass is 335 g/mol. The van der Waals surface area contributed by atoms with Gasteiger partial charge >= 0.3 is 5.00 Å². The lowest BCUT2D eigenvalue weighted by atomic mass is 10.4. The third kappa shape index (κ3) is 2.78. The highest BCUT2D eigenvalue weighted by Gasteiger charge is 2.15. The van der Waals surface area contributed by atoms with Crippen molar-refractivity contribution < 1.29 is 9.34 Å². The fourth-order valence-corrected chi connectivity index (χ4v) is 2.80. The minimum atomic E-state index is -0.428. The highest BCUT2D eigenvalue weighted by molar-refractivity contribution is 7.98. The molecule has 0 saturated carbocycles. The minimum Gasteiger partial charge on any atom is -0.461 e. The first-order valence-electron chi connectivity index (χ1n) is 6.01. The number of rotatable bonds is 5. The van der Waals surface area contributed by atoms with Crippen LogP contribution in [0.1, 0.15) is 4.88 Å². The van der Waals surface area contributed by atoms with Crippen LogP contribution in [0.25, 0.3) is 11.6 Å². The second-order valence-electron chi connectivity index (χ2n) is 3.98. The highest BCUT2D eigenvalue weighted by Crippen LogP contribution is 2.25. The predicted molar refractivity (Wildman–Crippen MR) is 83.5 cm³/mol. The molecule has 3 heterocycles. The number of hydrogen-bond acceptors (Lipinski definition) is 8. The van der Waals surface area contributed by atoms with Crippen molar-refractivity contribution in [2.24, 2.45) is 5.10 Å². The van der Waals surface area contributed by atoms with Gasteiger partial charge in [-0.05, 0) is 24.5 Å². The topological polar surface area (TPSA) is 99.3 Å². The Balaban J connectivity index is 1.95. The predicted octanol–water partition coefficient (Wildman–Crippen LogP) is 3.11. The molecule has 0 bridgehead atoms. The van der Waals surface area contributed by atoms with Gasteiger partial charge < -0.3 is 4.42 Å². The van der Waals surface area contributed by atoms with Crippen molar-refractivity contribution in [3.8, 4) is 11.6 Å². The van der Waals surface area contributed by atoms with Crippen LogP contribution in [0.5, 0.6) is 0 Å². The van der Waals surface area contributed by atoms with Gasteiger partial charge in [0.1, 0.15) is 0 Å². The molecule has 112 valence electrons. The first-order chi connectivity index (χ1) is 10.7. The van der Waals surface area contributed by atoms with Gasteiger partial charge in [0.2, 0.25) is 11.0 Å². The number of aromatic nitrogens is 3. The molecule has 10 heteroatoms. The molecule has 0 aromatic carbocycles. The maximum Gasteiger partial charge on any atom is 0.324 e. The van der Waals surface area contributed by atoms with E-state index in [9.17, 15) is 10.1 Å². The number of thiophene rings is 1. The van der Waals surface area contributed by atoms with Crippen LogP contribution in [0.2, 0.25) is 0 Å². The Bertz CT molecular complexity index is 822. The molecule has 22 heavy (non-hydrogen) atoms. The highest BCUT2D eigenvalue weighted by atomic mass is 32.2. The lowest BCUT2D eigenvalue weighted by Crippen LogP contribution is -1.95. The van der Waals surface area contributed by atoms with E-state index in [4.69, 9.17) is 4.42 Å². The summed E-state index contributed by atoms with van der Waals surface area (Å²) >= 11 is 2.43. The van der Waals surface area contributed by atoms with Gasteiger partial charge in [0.05, 0.1) is 22.3 Å². The first-order valence-corrected chi connectivity index (χ1v) is 8.05. The standard InChI is InChI=1S/C12H9N5O3S2/c1-21-12-15-14-11(9-3-2-6-20-9)16(12)13-7-8-4-5-10(22-8)17(18)19/h2-7H,1H3/b13-7-. The maximum atomic E-state index is 10.7. The molecule has 0 saturated heterocycles. The molecule has 0 N–H and O–H groups in total. The molecule has 0 radical (unpaired) electrons. The summed E-state index contributed by atoms with van der Waals surface area (Å²) in [6.45, 7) is 0. The van der Waals surface area contributed by atoms with E-state index >= 15 is 0 Å². The molecule has 3 aromatic heterocycles. The molecule has 0 atom stereocenters. The summed E-state index contributed by atoms with van der Waals surface area (Å²) in [6.07, 6.45) is 4.94. The third-order valence-electron chi connectivity index (χ3n) is 2.63. The SMILES string of the molecule is CSc1nnc(-c2ccco2)n1/N=C\c1ccc([N+](=O)[O-])s1. The van der Waals surface area contributed by atoms with Gasteiger partial charge in [-0.1, -0.05) is 23.1 Å². The van der Waals surface area contributed by atoms with Crippen molar-refractivity contribution in [2.75, 3.05) is 6.26 Å². The van der Waals surface area contributed by atoms with E-state index in [1.807, 2.05) is 6.26 Å². The van der Waals surface area contributed by atoms with Crippen molar-refractivity contribution in [2.45, 2.75) is 5.16 Å². The maximum absolute atomic E-state index is 10.7. The number of hydrogen-bond donors (Lipinski definition) is 0. The fraction of sp³-hybridized carbons (Fsp3) is 0.0833. The number of thioether (sulfide) groups is 1. The van der Waals surface area contributed by atoms with E-state index in [-0.39, 0.29) is 5.00 Å². The van der Waals surface area contributed by atoms with Gasteiger partial charge in [0, 0.05) is 6.07 Å². The average molecular weight is 335 g/mol. The van der Waals surface area contributed by atoms with E-state index in [1.54, 1.807) is 24.5 Å². The molecule has 0 spiro atoms. The second kappa shape index (κ2) is 6.12. The molecular weight excluding hydrogens is 326 g/mol. The Labute approximate surface area is 132 Å². The summed E-state index contributed by atoms with van der Waals surface area (Å²) in [5.74, 6) is 1.01. The van der Waals surface area contributed by atoms with Crippen LogP contribution in [0.15, 0.2) is 45.2 Å². The zero-order valence-electron chi connectivity index (χ0n) is 11.2. The number of nitrogens with zero attached hydrogens (tertiary/aromatic N) is 5. The van der Waals surface area contributed by atoms with Gasteiger partial charge in [0.15, 0.2) is 5.76 Å². The van der Waals surface area contributed by atoms with E-state index in [0.717, 1.165) is 11.3 Å². The van der Waals surface area contributed by atoms with Crippen LogP contribution in [0.4, 0.5) is 5.00 Å². The van der Waals surface area contributed by atoms with Crippen LogP contribution in [-0.2, 0) is 0 Å². The molecule has 0 aliphatic heterocycles. The van der Waals surface area contributed by atoms with E-state index in [1.165, 1.54) is 28.7 Å². The Kier molecular flexibility index (Phi) is 4.02.